The van der Waals surface area contributed by atoms with Crippen molar-refractivity contribution in [1.29, 1.82) is 0 Å². The first-order valence-corrected chi connectivity index (χ1v) is 13.1. The number of nitrogens with one attached hydrogen (secondary N) is 1. The van der Waals surface area contributed by atoms with E-state index in [0.717, 1.165) is 53.6 Å². The lowest BCUT2D eigenvalue weighted by Gasteiger charge is -2.45. The van der Waals surface area contributed by atoms with Gasteiger partial charge in [-0.25, -0.2) is 4.98 Å². The number of pyridine rings is 1. The van der Waals surface area contributed by atoms with E-state index in [0.29, 0.717) is 10.7 Å². The fraction of sp³-hybridized carbons (Fsp3) is 0.500. The predicted molar refractivity (Wildman–Crippen MR) is 131 cm³/mol. The summed E-state index contributed by atoms with van der Waals surface area (Å²) in [5, 5.41) is 4.96. The Morgan fingerprint density at radius 2 is 1.85 bits per heavy atom. The Labute approximate surface area is 198 Å². The molecule has 3 heterocycles. The van der Waals surface area contributed by atoms with E-state index in [2.05, 4.69) is 20.2 Å². The number of thioether (sulfide) groups is 1. The second kappa shape index (κ2) is 8.67. The Balaban J connectivity index is 1.02. The average molecular weight is 463 g/mol. The number of amides is 1. The number of carbonyl (C=O) groups is 1. The first-order valence-electron chi connectivity index (χ1n) is 12.2. The third-order valence-corrected chi connectivity index (χ3v) is 8.84. The van der Waals surface area contributed by atoms with Gasteiger partial charge in [0.15, 0.2) is 5.58 Å². The molecule has 0 unspecified atom stereocenters. The molecule has 3 fully saturated rings. The van der Waals surface area contributed by atoms with Crippen LogP contribution in [0.4, 0.5) is 6.01 Å². The molecule has 1 aliphatic heterocycles. The molecular formula is C26H30N4O2S. The standard InChI is InChI=1S/C26H30N4O2S/c31-24(18-9-14-27-23(17-18)33-20-5-6-20)28-19-7-10-26(11-8-19)12-15-30(16-13-26)25-29-21-3-1-2-4-22(21)32-25/h1-4,9,14,17,19-20H,5-8,10-13,15-16H2,(H,28,31). The van der Waals surface area contributed by atoms with Gasteiger partial charge in [-0.2, -0.15) is 4.98 Å². The topological polar surface area (TPSA) is 71.3 Å². The zero-order valence-corrected chi connectivity index (χ0v) is 19.7. The van der Waals surface area contributed by atoms with E-state index in [1.165, 1.54) is 38.5 Å². The van der Waals surface area contributed by atoms with Crippen LogP contribution in [0.15, 0.2) is 52.0 Å². The van der Waals surface area contributed by atoms with Gasteiger partial charge in [0.05, 0.1) is 5.03 Å². The molecule has 6 nitrogen and oxygen atoms in total. The number of benzene rings is 1. The molecular weight excluding hydrogens is 432 g/mol. The second-order valence-corrected chi connectivity index (χ2v) is 11.2. The van der Waals surface area contributed by atoms with Crippen LogP contribution in [0.2, 0.25) is 0 Å². The molecule has 1 amide bonds. The van der Waals surface area contributed by atoms with Crippen molar-refractivity contribution in [2.24, 2.45) is 5.41 Å². The molecule has 2 aromatic heterocycles. The summed E-state index contributed by atoms with van der Waals surface area (Å²) < 4.78 is 5.98. The number of piperidine rings is 1. The lowest BCUT2D eigenvalue weighted by atomic mass is 9.67. The van der Waals surface area contributed by atoms with Gasteiger partial charge < -0.3 is 14.6 Å². The molecule has 172 valence electrons. The summed E-state index contributed by atoms with van der Waals surface area (Å²) in [6.07, 6.45) is 11.1. The van der Waals surface area contributed by atoms with E-state index in [-0.39, 0.29) is 11.9 Å². The van der Waals surface area contributed by atoms with Crippen LogP contribution in [0.5, 0.6) is 0 Å². The molecule has 2 aliphatic carbocycles. The number of nitrogens with zero attached hydrogens (tertiary/aromatic N) is 3. The van der Waals surface area contributed by atoms with E-state index >= 15 is 0 Å². The van der Waals surface area contributed by atoms with Crippen LogP contribution < -0.4 is 10.2 Å². The number of fused-ring (bicyclic) bond motifs is 1. The van der Waals surface area contributed by atoms with Gasteiger partial charge in [-0.1, -0.05) is 12.1 Å². The Bertz CT molecular complexity index is 1110. The fourth-order valence-electron chi connectivity index (χ4n) is 5.28. The number of para-hydroxylation sites is 2. The number of oxazole rings is 1. The molecule has 3 aromatic rings. The van der Waals surface area contributed by atoms with Gasteiger partial charge in [0.25, 0.3) is 11.9 Å². The van der Waals surface area contributed by atoms with Gasteiger partial charge in [0, 0.05) is 36.1 Å². The third-order valence-electron chi connectivity index (χ3n) is 7.57. The first kappa shape index (κ1) is 21.0. The van der Waals surface area contributed by atoms with E-state index < -0.39 is 0 Å². The molecule has 1 spiro atoms. The summed E-state index contributed by atoms with van der Waals surface area (Å²) in [6, 6.07) is 12.8. The number of aromatic nitrogens is 2. The lowest BCUT2D eigenvalue weighted by Crippen LogP contribution is -2.45. The smallest absolute Gasteiger partial charge is 0.298 e. The van der Waals surface area contributed by atoms with Crippen molar-refractivity contribution < 1.29 is 9.21 Å². The zero-order valence-electron chi connectivity index (χ0n) is 18.8. The van der Waals surface area contributed by atoms with Crippen molar-refractivity contribution in [1.82, 2.24) is 15.3 Å². The maximum atomic E-state index is 12.8. The summed E-state index contributed by atoms with van der Waals surface area (Å²) in [4.78, 5) is 24.2. The quantitative estimate of drug-likeness (QED) is 0.545. The van der Waals surface area contributed by atoms with Gasteiger partial charge in [-0.15, -0.1) is 11.8 Å². The summed E-state index contributed by atoms with van der Waals surface area (Å²) in [5.74, 6) is 0.0433. The third kappa shape index (κ3) is 4.60. The van der Waals surface area contributed by atoms with Crippen LogP contribution in [0.25, 0.3) is 11.1 Å². The van der Waals surface area contributed by atoms with E-state index in [1.807, 2.05) is 36.4 Å². The Morgan fingerprint density at radius 1 is 1.06 bits per heavy atom. The van der Waals surface area contributed by atoms with Gasteiger partial charge in [0.1, 0.15) is 5.52 Å². The highest BCUT2D eigenvalue weighted by atomic mass is 32.2. The zero-order chi connectivity index (χ0) is 22.3. The van der Waals surface area contributed by atoms with Gasteiger partial charge in [-0.05, 0) is 81.0 Å². The molecule has 6 rings (SSSR count). The highest BCUT2D eigenvalue weighted by Crippen LogP contribution is 2.45. The number of carbonyl (C=O) groups excluding carboxylic acids is 1. The normalized spacial score (nSPS) is 20.9. The Hall–Kier alpha value is -2.54. The average Bonchev–Trinajstić information content (AvgIpc) is 3.55. The number of anilines is 1. The van der Waals surface area contributed by atoms with Gasteiger partial charge in [0.2, 0.25) is 0 Å². The summed E-state index contributed by atoms with van der Waals surface area (Å²) in [5.41, 5.74) is 2.92. The molecule has 1 aromatic carbocycles. The molecule has 7 heteroatoms. The monoisotopic (exact) mass is 462 g/mol. The lowest BCUT2D eigenvalue weighted by molar-refractivity contribution is 0.0865. The molecule has 2 saturated carbocycles. The highest BCUT2D eigenvalue weighted by Gasteiger charge is 2.39. The first-order chi connectivity index (χ1) is 16.2. The highest BCUT2D eigenvalue weighted by molar-refractivity contribution is 8.00. The summed E-state index contributed by atoms with van der Waals surface area (Å²) >= 11 is 1.80. The van der Waals surface area contributed by atoms with E-state index in [4.69, 9.17) is 4.42 Å². The van der Waals surface area contributed by atoms with E-state index in [9.17, 15) is 4.79 Å². The molecule has 33 heavy (non-hydrogen) atoms. The molecule has 3 aliphatic rings. The number of hydrogen-bond acceptors (Lipinski definition) is 6. The molecule has 1 N–H and O–H groups in total. The predicted octanol–water partition coefficient (Wildman–Crippen LogP) is 5.44. The van der Waals surface area contributed by atoms with Crippen molar-refractivity contribution >= 4 is 34.8 Å². The van der Waals surface area contributed by atoms with Crippen LogP contribution in [-0.2, 0) is 0 Å². The molecule has 1 saturated heterocycles. The van der Waals surface area contributed by atoms with Crippen molar-refractivity contribution in [3.8, 4) is 0 Å². The van der Waals surface area contributed by atoms with Crippen LogP contribution in [0, 0.1) is 5.41 Å². The maximum Gasteiger partial charge on any atom is 0.298 e. The largest absolute Gasteiger partial charge is 0.423 e. The number of hydrogen-bond donors (Lipinski definition) is 1. The van der Waals surface area contributed by atoms with E-state index in [1.54, 1.807) is 18.0 Å². The van der Waals surface area contributed by atoms with Crippen molar-refractivity contribution in [3.05, 3.63) is 48.2 Å². The summed E-state index contributed by atoms with van der Waals surface area (Å²) in [7, 11) is 0. The molecule has 0 bridgehead atoms. The minimum Gasteiger partial charge on any atom is -0.423 e. The van der Waals surface area contributed by atoms with Gasteiger partial charge in [-0.3, -0.25) is 4.79 Å². The number of rotatable bonds is 5. The molecule has 0 atom stereocenters. The second-order valence-electron chi connectivity index (χ2n) is 9.90. The summed E-state index contributed by atoms with van der Waals surface area (Å²) in [6.45, 7) is 1.98. The van der Waals surface area contributed by atoms with Crippen molar-refractivity contribution in [2.45, 2.75) is 67.7 Å². The fourth-order valence-corrected chi connectivity index (χ4v) is 6.31. The molecule has 0 radical (unpaired) electrons. The van der Waals surface area contributed by atoms with Crippen molar-refractivity contribution in [2.75, 3.05) is 18.0 Å². The minimum absolute atomic E-state index is 0.0433. The maximum absolute atomic E-state index is 12.8. The van der Waals surface area contributed by atoms with Gasteiger partial charge >= 0.3 is 0 Å². The van der Waals surface area contributed by atoms with Crippen molar-refractivity contribution in [3.63, 3.8) is 0 Å². The SMILES string of the molecule is O=C(NC1CCC2(CC1)CCN(c1nc3ccccc3o1)CC2)c1ccnc(SC2CC2)c1. The van der Waals surface area contributed by atoms with Crippen LogP contribution in [0.3, 0.4) is 0 Å². The Morgan fingerprint density at radius 3 is 2.61 bits per heavy atom. The van der Waals surface area contributed by atoms with Crippen LogP contribution >= 0.6 is 11.8 Å². The van der Waals surface area contributed by atoms with Crippen LogP contribution in [-0.4, -0.2) is 40.3 Å². The van der Waals surface area contributed by atoms with Crippen LogP contribution in [0.1, 0.15) is 61.7 Å². The Kier molecular flexibility index (Phi) is 5.52. The minimum atomic E-state index is 0.0433.